The molecule has 7 heteroatoms. The van der Waals surface area contributed by atoms with Gasteiger partial charge in [-0.2, -0.15) is 0 Å². The molecule has 0 saturated heterocycles. The fourth-order valence-electron chi connectivity index (χ4n) is 4.40. The number of fused-ring (bicyclic) bond motifs is 1. The van der Waals surface area contributed by atoms with Gasteiger partial charge in [0.25, 0.3) is 5.91 Å². The van der Waals surface area contributed by atoms with Gasteiger partial charge < -0.3 is 23.5 Å². The van der Waals surface area contributed by atoms with Crippen molar-refractivity contribution < 1.29 is 14.3 Å². The van der Waals surface area contributed by atoms with E-state index in [0.29, 0.717) is 25.3 Å². The number of ether oxygens (including phenoxy) is 2. The highest BCUT2D eigenvalue weighted by atomic mass is 16.5. The summed E-state index contributed by atoms with van der Waals surface area (Å²) in [6, 6.07) is 14.5. The van der Waals surface area contributed by atoms with Crippen molar-refractivity contribution >= 4 is 16.7 Å². The second-order valence-corrected chi connectivity index (χ2v) is 9.36. The Balaban J connectivity index is 1.66. The number of imidazole rings is 1. The lowest BCUT2D eigenvalue weighted by Crippen LogP contribution is -2.30. The molecule has 2 heterocycles. The number of benzene rings is 2. The summed E-state index contributed by atoms with van der Waals surface area (Å²) in [5.41, 5.74) is 3.75. The number of rotatable bonds is 12. The molecular formula is C29H36N4O3. The monoisotopic (exact) mass is 488 g/mol. The van der Waals surface area contributed by atoms with Crippen LogP contribution in [0.5, 0.6) is 0 Å². The van der Waals surface area contributed by atoms with E-state index in [0.717, 1.165) is 47.2 Å². The quantitative estimate of drug-likeness (QED) is 0.261. The Labute approximate surface area is 213 Å². The molecular weight excluding hydrogens is 452 g/mol. The van der Waals surface area contributed by atoms with Gasteiger partial charge in [-0.05, 0) is 36.6 Å². The third kappa shape index (κ3) is 6.04. The molecule has 7 nitrogen and oxygen atoms in total. The minimum atomic E-state index is -0.0203. The van der Waals surface area contributed by atoms with Crippen LogP contribution in [0.15, 0.2) is 67.4 Å². The highest BCUT2D eigenvalue weighted by molar-refractivity contribution is 6.05. The predicted molar refractivity (Wildman–Crippen MR) is 143 cm³/mol. The number of carbonyl (C=O) groups excluding carboxylic acids is 1. The van der Waals surface area contributed by atoms with Crippen LogP contribution >= 0.6 is 0 Å². The topological polar surface area (TPSA) is 61.5 Å². The first-order valence-electron chi connectivity index (χ1n) is 12.5. The summed E-state index contributed by atoms with van der Waals surface area (Å²) in [5, 5.41) is 2.28. The van der Waals surface area contributed by atoms with Crippen molar-refractivity contribution in [3.8, 4) is 11.1 Å². The Hall–Kier alpha value is -3.42. The maximum Gasteiger partial charge on any atom is 0.255 e. The summed E-state index contributed by atoms with van der Waals surface area (Å²) in [7, 11) is 3.47. The number of methoxy groups -OCH3 is 1. The number of nitrogens with zero attached hydrogens (tertiary/aromatic N) is 4. The lowest BCUT2D eigenvalue weighted by atomic mass is 9.97. The van der Waals surface area contributed by atoms with E-state index < -0.39 is 0 Å². The summed E-state index contributed by atoms with van der Waals surface area (Å²) in [6.45, 7) is 7.30. The molecule has 190 valence electrons. The van der Waals surface area contributed by atoms with Crippen LogP contribution in [0.1, 0.15) is 36.3 Å². The summed E-state index contributed by atoms with van der Waals surface area (Å²) in [5.74, 6) is -0.0203. The zero-order chi connectivity index (χ0) is 25.5. The van der Waals surface area contributed by atoms with E-state index in [4.69, 9.17) is 9.47 Å². The van der Waals surface area contributed by atoms with Gasteiger partial charge in [-0.3, -0.25) is 4.79 Å². The Morgan fingerprint density at radius 3 is 2.67 bits per heavy atom. The van der Waals surface area contributed by atoms with E-state index >= 15 is 0 Å². The first kappa shape index (κ1) is 25.7. The van der Waals surface area contributed by atoms with Gasteiger partial charge in [-0.15, -0.1) is 0 Å². The second kappa shape index (κ2) is 12.0. The molecule has 0 atom stereocenters. The van der Waals surface area contributed by atoms with Gasteiger partial charge in [0, 0.05) is 58.0 Å². The molecule has 0 aliphatic heterocycles. The molecule has 0 spiro atoms. The first-order valence-corrected chi connectivity index (χ1v) is 12.5. The number of likely N-dealkylation sites (N-methyl/N-ethyl adjacent to an activating group) is 1. The zero-order valence-corrected chi connectivity index (χ0v) is 21.7. The van der Waals surface area contributed by atoms with Crippen LogP contribution in [0.3, 0.4) is 0 Å². The van der Waals surface area contributed by atoms with E-state index in [1.165, 1.54) is 0 Å². The number of hydrogen-bond donors (Lipinski definition) is 0. The van der Waals surface area contributed by atoms with E-state index in [-0.39, 0.29) is 12.0 Å². The average molecular weight is 489 g/mol. The van der Waals surface area contributed by atoms with Gasteiger partial charge in [0.05, 0.1) is 36.8 Å². The highest BCUT2D eigenvalue weighted by Gasteiger charge is 2.21. The number of hydrogen-bond acceptors (Lipinski definition) is 4. The molecule has 0 fully saturated rings. The van der Waals surface area contributed by atoms with Gasteiger partial charge in [-0.25, -0.2) is 4.98 Å². The molecule has 0 radical (unpaired) electrons. The third-order valence-corrected chi connectivity index (χ3v) is 6.31. The van der Waals surface area contributed by atoms with Gasteiger partial charge in [0.15, 0.2) is 0 Å². The van der Waals surface area contributed by atoms with Gasteiger partial charge in [-0.1, -0.05) is 42.5 Å². The van der Waals surface area contributed by atoms with Gasteiger partial charge in [0.2, 0.25) is 0 Å². The van der Waals surface area contributed by atoms with E-state index in [1.807, 2.05) is 57.8 Å². The summed E-state index contributed by atoms with van der Waals surface area (Å²) in [6.07, 6.45) is 8.96. The summed E-state index contributed by atoms with van der Waals surface area (Å²) < 4.78 is 15.1. The van der Waals surface area contributed by atoms with Crippen LogP contribution in [0.4, 0.5) is 0 Å². The average Bonchev–Trinajstić information content (AvgIpc) is 3.51. The molecule has 0 saturated carbocycles. The molecule has 0 aliphatic rings. The number of amides is 1. The van der Waals surface area contributed by atoms with E-state index in [9.17, 15) is 4.79 Å². The molecule has 2 aromatic heterocycles. The van der Waals surface area contributed by atoms with Crippen LogP contribution in [0.2, 0.25) is 0 Å². The van der Waals surface area contributed by atoms with Crippen molar-refractivity contribution in [2.75, 3.05) is 33.9 Å². The normalized spacial score (nSPS) is 11.5. The summed E-state index contributed by atoms with van der Waals surface area (Å²) in [4.78, 5) is 19.6. The van der Waals surface area contributed by atoms with Gasteiger partial charge >= 0.3 is 0 Å². The maximum atomic E-state index is 13.5. The highest BCUT2D eigenvalue weighted by Crippen LogP contribution is 2.32. The number of aryl methyl sites for hydroxylation is 1. The Morgan fingerprint density at radius 1 is 1.06 bits per heavy atom. The minimum Gasteiger partial charge on any atom is -0.383 e. The molecule has 0 aliphatic carbocycles. The molecule has 0 bridgehead atoms. The van der Waals surface area contributed by atoms with Gasteiger partial charge in [0.1, 0.15) is 0 Å². The largest absolute Gasteiger partial charge is 0.383 e. The number of aromatic nitrogens is 3. The predicted octanol–water partition coefficient (Wildman–Crippen LogP) is 5.09. The number of carbonyl (C=O) groups is 1. The van der Waals surface area contributed by atoms with Crippen molar-refractivity contribution in [2.24, 2.45) is 0 Å². The van der Waals surface area contributed by atoms with Crippen molar-refractivity contribution in [1.29, 1.82) is 0 Å². The minimum absolute atomic E-state index is 0.0203. The Morgan fingerprint density at radius 2 is 1.86 bits per heavy atom. The molecule has 0 unspecified atom stereocenters. The van der Waals surface area contributed by atoms with Crippen LogP contribution in [0, 0.1) is 0 Å². The molecule has 4 aromatic rings. The van der Waals surface area contributed by atoms with Crippen molar-refractivity contribution in [1.82, 2.24) is 19.0 Å². The fraction of sp³-hybridized carbons (Fsp3) is 0.379. The lowest BCUT2D eigenvalue weighted by molar-refractivity contribution is 0.0742. The standard InChI is InChI=1S/C29H36N4O3/c1-22(2)36-15-8-13-33-21-30-17-24(33)18-32-19-27(28(20-32)29(34)31(3)14-16-35-4)26-12-7-10-23-9-5-6-11-25(23)26/h5-7,9-12,17,19-22H,8,13-16,18H2,1-4H3. The van der Waals surface area contributed by atoms with Crippen LogP contribution in [-0.2, 0) is 22.6 Å². The Kier molecular flexibility index (Phi) is 8.57. The van der Waals surface area contributed by atoms with Crippen LogP contribution in [-0.4, -0.2) is 64.9 Å². The smallest absolute Gasteiger partial charge is 0.255 e. The lowest BCUT2D eigenvalue weighted by Gasteiger charge is -2.17. The van der Waals surface area contributed by atoms with Crippen molar-refractivity contribution in [3.63, 3.8) is 0 Å². The van der Waals surface area contributed by atoms with Crippen LogP contribution in [0.25, 0.3) is 21.9 Å². The van der Waals surface area contributed by atoms with E-state index in [1.54, 1.807) is 12.0 Å². The molecule has 4 rings (SSSR count). The first-order chi connectivity index (χ1) is 17.5. The molecule has 1 amide bonds. The molecule has 36 heavy (non-hydrogen) atoms. The summed E-state index contributed by atoms with van der Waals surface area (Å²) >= 11 is 0. The maximum absolute atomic E-state index is 13.5. The Bertz CT molecular complexity index is 1290. The van der Waals surface area contributed by atoms with E-state index in [2.05, 4.69) is 44.6 Å². The van der Waals surface area contributed by atoms with Crippen molar-refractivity contribution in [2.45, 2.75) is 39.5 Å². The zero-order valence-electron chi connectivity index (χ0n) is 21.7. The third-order valence-electron chi connectivity index (χ3n) is 6.31. The fourth-order valence-corrected chi connectivity index (χ4v) is 4.40. The van der Waals surface area contributed by atoms with Crippen LogP contribution < -0.4 is 0 Å². The SMILES string of the molecule is COCCN(C)C(=O)c1cn(Cc2cncn2CCCOC(C)C)cc1-c1cccc2ccccc12. The molecule has 0 N–H and O–H groups in total. The molecule has 2 aromatic carbocycles. The second-order valence-electron chi connectivity index (χ2n) is 9.36. The van der Waals surface area contributed by atoms with Crippen molar-refractivity contribution in [3.05, 3.63) is 78.6 Å².